The second-order valence-corrected chi connectivity index (χ2v) is 4.22. The third-order valence-corrected chi connectivity index (χ3v) is 3.07. The molecule has 88 valence electrons. The molecule has 4 nitrogen and oxygen atoms in total. The molecule has 0 fully saturated rings. The molecule has 0 unspecified atom stereocenters. The zero-order valence-electron chi connectivity index (χ0n) is 9.34. The lowest BCUT2D eigenvalue weighted by molar-refractivity contribution is -0.137. The van der Waals surface area contributed by atoms with Crippen LogP contribution >= 0.6 is 11.3 Å². The minimum Gasteiger partial charge on any atom is -0.463 e. The van der Waals surface area contributed by atoms with Crippen molar-refractivity contribution < 1.29 is 9.53 Å². The number of carbonyl (C=O) groups is 1. The minimum absolute atomic E-state index is 0.361. The average molecular weight is 248 g/mol. The van der Waals surface area contributed by atoms with Gasteiger partial charge in [-0.2, -0.15) is 0 Å². The highest BCUT2D eigenvalue weighted by molar-refractivity contribution is 7.17. The molecule has 0 radical (unpaired) electrons. The Labute approximate surface area is 103 Å². The molecule has 2 aromatic rings. The summed E-state index contributed by atoms with van der Waals surface area (Å²) in [6.45, 7) is 2.14. The van der Waals surface area contributed by atoms with Crippen LogP contribution in [-0.2, 0) is 9.53 Å². The predicted octanol–water partition coefficient (Wildman–Crippen LogP) is 2.45. The molecule has 0 saturated heterocycles. The monoisotopic (exact) mass is 248 g/mol. The Kier molecular flexibility index (Phi) is 3.39. The van der Waals surface area contributed by atoms with Crippen molar-refractivity contribution in [3.8, 4) is 0 Å². The van der Waals surface area contributed by atoms with E-state index in [1.807, 2.05) is 17.5 Å². The summed E-state index contributed by atoms with van der Waals surface area (Å²) >= 11 is 1.49. The van der Waals surface area contributed by atoms with Gasteiger partial charge in [0.05, 0.1) is 18.0 Å². The van der Waals surface area contributed by atoms with Gasteiger partial charge in [-0.1, -0.05) is 0 Å². The smallest absolute Gasteiger partial charge is 0.330 e. The van der Waals surface area contributed by atoms with Crippen molar-refractivity contribution in [3.05, 3.63) is 29.3 Å². The van der Waals surface area contributed by atoms with E-state index in [0.717, 1.165) is 15.9 Å². The molecule has 5 heteroatoms. The van der Waals surface area contributed by atoms with E-state index in [2.05, 4.69) is 4.98 Å². The summed E-state index contributed by atoms with van der Waals surface area (Å²) < 4.78 is 4.78. The van der Waals surface area contributed by atoms with Crippen LogP contribution in [0.2, 0.25) is 0 Å². The number of esters is 1. The third kappa shape index (κ3) is 2.62. The lowest BCUT2D eigenvalue weighted by Gasteiger charge is -1.96. The lowest BCUT2D eigenvalue weighted by atomic mass is 10.2. The Bertz CT molecular complexity index is 575. The number of ether oxygens (including phenoxy) is 1. The van der Waals surface area contributed by atoms with E-state index in [-0.39, 0.29) is 5.97 Å². The maximum Gasteiger partial charge on any atom is 0.330 e. The van der Waals surface area contributed by atoms with Crippen LogP contribution in [0, 0.1) is 0 Å². The number of pyridine rings is 1. The van der Waals surface area contributed by atoms with E-state index in [9.17, 15) is 4.79 Å². The van der Waals surface area contributed by atoms with E-state index in [1.54, 1.807) is 13.0 Å². The summed E-state index contributed by atoms with van der Waals surface area (Å²) in [5.41, 5.74) is 7.22. The molecule has 0 spiro atoms. The zero-order valence-corrected chi connectivity index (χ0v) is 10.2. The van der Waals surface area contributed by atoms with Gasteiger partial charge in [-0.15, -0.1) is 11.3 Å². The molecular weight excluding hydrogens is 236 g/mol. The molecule has 2 aromatic heterocycles. The fourth-order valence-corrected chi connectivity index (χ4v) is 2.22. The number of nitrogens with two attached hydrogens (primary N) is 1. The van der Waals surface area contributed by atoms with Gasteiger partial charge in [-0.25, -0.2) is 9.78 Å². The van der Waals surface area contributed by atoms with E-state index in [4.69, 9.17) is 10.5 Å². The second-order valence-electron chi connectivity index (χ2n) is 3.37. The SMILES string of the molecule is CCOC(=O)C=Cc1ccc2c(N)csc2n1. The number of hydrogen-bond acceptors (Lipinski definition) is 5. The molecule has 0 amide bonds. The molecule has 0 saturated carbocycles. The summed E-state index contributed by atoms with van der Waals surface area (Å²) in [5, 5.41) is 2.81. The van der Waals surface area contributed by atoms with Crippen molar-refractivity contribution in [3.63, 3.8) is 0 Å². The summed E-state index contributed by atoms with van der Waals surface area (Å²) in [4.78, 5) is 16.4. The molecule has 0 aromatic carbocycles. The standard InChI is InChI=1S/C12H12N2O2S/c1-2-16-11(15)6-4-8-3-5-9-10(13)7-17-12(9)14-8/h3-7H,2,13H2,1H3. The average Bonchev–Trinajstić information content (AvgIpc) is 2.69. The van der Waals surface area contributed by atoms with Crippen molar-refractivity contribution in [1.82, 2.24) is 4.98 Å². The number of nitrogens with zero attached hydrogens (tertiary/aromatic N) is 1. The third-order valence-electron chi connectivity index (χ3n) is 2.17. The quantitative estimate of drug-likeness (QED) is 0.669. The first-order valence-electron chi connectivity index (χ1n) is 5.19. The highest BCUT2D eigenvalue weighted by Gasteiger charge is 2.02. The van der Waals surface area contributed by atoms with Crippen LogP contribution in [0.25, 0.3) is 16.3 Å². The van der Waals surface area contributed by atoms with Crippen molar-refractivity contribution in [2.45, 2.75) is 6.92 Å². The Morgan fingerprint density at radius 3 is 3.18 bits per heavy atom. The number of thiophene rings is 1. The summed E-state index contributed by atoms with van der Waals surface area (Å²) in [6, 6.07) is 3.72. The fraction of sp³-hybridized carbons (Fsp3) is 0.167. The van der Waals surface area contributed by atoms with Gasteiger partial charge >= 0.3 is 5.97 Å². The van der Waals surface area contributed by atoms with E-state index in [1.165, 1.54) is 17.4 Å². The van der Waals surface area contributed by atoms with Crippen molar-refractivity contribution in [2.24, 2.45) is 0 Å². The molecule has 0 aliphatic carbocycles. The zero-order chi connectivity index (χ0) is 12.3. The maximum absolute atomic E-state index is 11.1. The van der Waals surface area contributed by atoms with Crippen LogP contribution in [0.5, 0.6) is 0 Å². The first-order valence-corrected chi connectivity index (χ1v) is 6.07. The number of rotatable bonds is 3. The van der Waals surface area contributed by atoms with Gasteiger partial charge < -0.3 is 10.5 Å². The molecule has 2 rings (SSSR count). The lowest BCUT2D eigenvalue weighted by Crippen LogP contribution is -1.98. The van der Waals surface area contributed by atoms with Gasteiger partial charge in [0.2, 0.25) is 0 Å². The number of hydrogen-bond donors (Lipinski definition) is 1. The van der Waals surface area contributed by atoms with Crippen LogP contribution in [0.1, 0.15) is 12.6 Å². The van der Waals surface area contributed by atoms with E-state index < -0.39 is 0 Å². The highest BCUT2D eigenvalue weighted by atomic mass is 32.1. The molecular formula is C12H12N2O2S. The van der Waals surface area contributed by atoms with E-state index >= 15 is 0 Å². The molecule has 17 heavy (non-hydrogen) atoms. The van der Waals surface area contributed by atoms with Crippen LogP contribution in [0.15, 0.2) is 23.6 Å². The summed E-state index contributed by atoms with van der Waals surface area (Å²) in [6.07, 6.45) is 3.00. The molecule has 2 N–H and O–H groups in total. The van der Waals surface area contributed by atoms with E-state index in [0.29, 0.717) is 12.3 Å². The fourth-order valence-electron chi connectivity index (χ4n) is 1.38. The van der Waals surface area contributed by atoms with Crippen LogP contribution < -0.4 is 5.73 Å². The number of carbonyl (C=O) groups excluding carboxylic acids is 1. The van der Waals surface area contributed by atoms with Gasteiger partial charge in [0, 0.05) is 16.8 Å². The predicted molar refractivity (Wildman–Crippen MR) is 69.7 cm³/mol. The highest BCUT2D eigenvalue weighted by Crippen LogP contribution is 2.26. The van der Waals surface area contributed by atoms with Gasteiger partial charge in [0.25, 0.3) is 0 Å². The molecule has 2 heterocycles. The maximum atomic E-state index is 11.1. The van der Waals surface area contributed by atoms with Crippen molar-refractivity contribution >= 4 is 39.3 Å². The van der Waals surface area contributed by atoms with Gasteiger partial charge in [0.1, 0.15) is 4.83 Å². The minimum atomic E-state index is -0.361. The molecule has 0 bridgehead atoms. The Morgan fingerprint density at radius 1 is 1.59 bits per heavy atom. The molecule has 0 aliphatic heterocycles. The number of fused-ring (bicyclic) bond motifs is 1. The number of anilines is 1. The largest absolute Gasteiger partial charge is 0.463 e. The van der Waals surface area contributed by atoms with Crippen LogP contribution in [0.3, 0.4) is 0 Å². The van der Waals surface area contributed by atoms with Gasteiger partial charge in [0.15, 0.2) is 0 Å². The van der Waals surface area contributed by atoms with Crippen LogP contribution in [0.4, 0.5) is 5.69 Å². The first-order chi connectivity index (χ1) is 8.20. The van der Waals surface area contributed by atoms with Crippen molar-refractivity contribution in [1.29, 1.82) is 0 Å². The first kappa shape index (κ1) is 11.6. The van der Waals surface area contributed by atoms with Gasteiger partial charge in [-0.3, -0.25) is 0 Å². The molecule has 0 aliphatic rings. The molecule has 0 atom stereocenters. The number of nitrogen functional groups attached to an aromatic ring is 1. The van der Waals surface area contributed by atoms with Crippen LogP contribution in [-0.4, -0.2) is 17.6 Å². The normalized spacial score (nSPS) is 11.1. The summed E-state index contributed by atoms with van der Waals surface area (Å²) in [7, 11) is 0. The van der Waals surface area contributed by atoms with Crippen molar-refractivity contribution in [2.75, 3.05) is 12.3 Å². The Balaban J connectivity index is 2.22. The second kappa shape index (κ2) is 4.97. The summed E-state index contributed by atoms with van der Waals surface area (Å²) in [5.74, 6) is -0.361. The topological polar surface area (TPSA) is 65.2 Å². The van der Waals surface area contributed by atoms with Gasteiger partial charge in [-0.05, 0) is 25.1 Å². The Morgan fingerprint density at radius 2 is 2.41 bits per heavy atom. The Hall–Kier alpha value is -1.88. The number of aromatic nitrogens is 1.